The molecule has 0 aliphatic rings. The van der Waals surface area contributed by atoms with Crippen LogP contribution in [-0.2, 0) is 9.53 Å². The SMILES string of the molecule is O=C(OC(CO)CO)[C@H](O)[C@@H](O)[C@H](O)[C@H](O)CO. The van der Waals surface area contributed by atoms with E-state index in [9.17, 15) is 20.1 Å². The van der Waals surface area contributed by atoms with Crippen LogP contribution in [0.5, 0.6) is 0 Å². The maximum Gasteiger partial charge on any atom is 0.338 e. The van der Waals surface area contributed by atoms with Crippen molar-refractivity contribution in [3.8, 4) is 0 Å². The van der Waals surface area contributed by atoms with Gasteiger partial charge in [0.1, 0.15) is 24.4 Å². The van der Waals surface area contributed by atoms with Crippen molar-refractivity contribution in [3.63, 3.8) is 0 Å². The summed E-state index contributed by atoms with van der Waals surface area (Å²) in [5, 5.41) is 62.6. The van der Waals surface area contributed by atoms with E-state index in [2.05, 4.69) is 4.74 Å². The first-order valence-electron chi connectivity index (χ1n) is 5.14. The summed E-state index contributed by atoms with van der Waals surface area (Å²) in [4.78, 5) is 11.2. The molecule has 0 aromatic carbocycles. The summed E-state index contributed by atoms with van der Waals surface area (Å²) >= 11 is 0. The molecule has 0 rings (SSSR count). The van der Waals surface area contributed by atoms with E-state index in [1.165, 1.54) is 0 Å². The standard InChI is InChI=1S/C9H18O9/c10-1-4(2-11)18-9(17)8(16)7(15)6(14)5(13)3-12/h4-8,10-16H,1-3H2/t5-,6-,7+,8-/m1/s1. The minimum atomic E-state index is -2.19. The fraction of sp³-hybridized carbons (Fsp3) is 0.889. The van der Waals surface area contributed by atoms with E-state index in [0.29, 0.717) is 0 Å². The van der Waals surface area contributed by atoms with E-state index in [1.807, 2.05) is 0 Å². The number of ether oxygens (including phenoxy) is 1. The first-order chi connectivity index (χ1) is 8.38. The molecule has 0 spiro atoms. The highest BCUT2D eigenvalue weighted by atomic mass is 16.6. The Kier molecular flexibility index (Phi) is 7.95. The van der Waals surface area contributed by atoms with Crippen LogP contribution in [0.3, 0.4) is 0 Å². The van der Waals surface area contributed by atoms with Gasteiger partial charge in [-0.3, -0.25) is 0 Å². The summed E-state index contributed by atoms with van der Waals surface area (Å²) in [5.41, 5.74) is 0. The molecular formula is C9H18O9. The minimum Gasteiger partial charge on any atom is -0.455 e. The Morgan fingerprint density at radius 3 is 1.78 bits per heavy atom. The van der Waals surface area contributed by atoms with Gasteiger partial charge in [-0.25, -0.2) is 4.79 Å². The van der Waals surface area contributed by atoms with Crippen molar-refractivity contribution in [2.45, 2.75) is 30.5 Å². The number of hydrogen-bond donors (Lipinski definition) is 7. The topological polar surface area (TPSA) is 168 Å². The van der Waals surface area contributed by atoms with E-state index >= 15 is 0 Å². The monoisotopic (exact) mass is 270 g/mol. The van der Waals surface area contributed by atoms with Crippen molar-refractivity contribution in [1.82, 2.24) is 0 Å². The zero-order valence-corrected chi connectivity index (χ0v) is 9.46. The second kappa shape index (κ2) is 8.32. The van der Waals surface area contributed by atoms with Crippen molar-refractivity contribution >= 4 is 5.97 Å². The zero-order chi connectivity index (χ0) is 14.3. The summed E-state index contributed by atoms with van der Waals surface area (Å²) in [6.07, 6.45) is -9.24. The molecule has 7 N–H and O–H groups in total. The summed E-state index contributed by atoms with van der Waals surface area (Å²) in [5.74, 6) is -1.39. The third-order valence-corrected chi connectivity index (χ3v) is 2.19. The number of aliphatic hydroxyl groups excluding tert-OH is 7. The summed E-state index contributed by atoms with van der Waals surface area (Å²) in [6.45, 7) is -2.25. The van der Waals surface area contributed by atoms with Gasteiger partial charge in [-0.1, -0.05) is 0 Å². The van der Waals surface area contributed by atoms with Crippen LogP contribution in [0.1, 0.15) is 0 Å². The van der Waals surface area contributed by atoms with Crippen LogP contribution in [0.4, 0.5) is 0 Å². The van der Waals surface area contributed by atoms with Crippen molar-refractivity contribution in [2.24, 2.45) is 0 Å². The van der Waals surface area contributed by atoms with Crippen LogP contribution < -0.4 is 0 Å². The largest absolute Gasteiger partial charge is 0.455 e. The van der Waals surface area contributed by atoms with Gasteiger partial charge in [0.25, 0.3) is 0 Å². The van der Waals surface area contributed by atoms with E-state index in [-0.39, 0.29) is 0 Å². The average molecular weight is 270 g/mol. The van der Waals surface area contributed by atoms with E-state index < -0.39 is 56.3 Å². The van der Waals surface area contributed by atoms with Gasteiger partial charge in [-0.05, 0) is 0 Å². The van der Waals surface area contributed by atoms with Gasteiger partial charge in [-0.15, -0.1) is 0 Å². The molecule has 0 saturated heterocycles. The van der Waals surface area contributed by atoms with E-state index in [1.54, 1.807) is 0 Å². The normalized spacial score (nSPS) is 18.2. The predicted octanol–water partition coefficient (Wildman–Crippen LogP) is -4.68. The lowest BCUT2D eigenvalue weighted by Crippen LogP contribution is -2.49. The van der Waals surface area contributed by atoms with E-state index in [4.69, 9.17) is 20.4 Å². The Balaban J connectivity index is 4.44. The fourth-order valence-electron chi connectivity index (χ4n) is 1.03. The highest BCUT2D eigenvalue weighted by molar-refractivity contribution is 5.75. The molecule has 0 heterocycles. The molecule has 0 unspecified atom stereocenters. The Hall–Kier alpha value is -0.810. The minimum absolute atomic E-state index is 0.688. The molecule has 0 amide bonds. The quantitative estimate of drug-likeness (QED) is 0.214. The zero-order valence-electron chi connectivity index (χ0n) is 9.46. The van der Waals surface area contributed by atoms with Crippen molar-refractivity contribution in [3.05, 3.63) is 0 Å². The molecule has 0 fully saturated rings. The Labute approximate surface area is 102 Å². The maximum atomic E-state index is 11.2. The van der Waals surface area contributed by atoms with Gasteiger partial charge in [0.05, 0.1) is 19.8 Å². The van der Waals surface area contributed by atoms with Crippen LogP contribution in [0.2, 0.25) is 0 Å². The predicted molar refractivity (Wildman–Crippen MR) is 55.2 cm³/mol. The smallest absolute Gasteiger partial charge is 0.338 e. The summed E-state index contributed by atoms with van der Waals surface area (Å²) in [6, 6.07) is 0. The van der Waals surface area contributed by atoms with Crippen LogP contribution in [0.25, 0.3) is 0 Å². The molecule has 9 heteroatoms. The number of esters is 1. The second-order valence-corrected chi connectivity index (χ2v) is 3.60. The molecule has 0 saturated carbocycles. The average Bonchev–Trinajstić information content (AvgIpc) is 2.40. The number of hydrogen-bond acceptors (Lipinski definition) is 9. The second-order valence-electron chi connectivity index (χ2n) is 3.60. The third kappa shape index (κ3) is 4.82. The molecular weight excluding hydrogens is 252 g/mol. The molecule has 0 bridgehead atoms. The van der Waals surface area contributed by atoms with Crippen LogP contribution in [-0.4, -0.2) is 92.1 Å². The lowest BCUT2D eigenvalue weighted by molar-refractivity contribution is -0.178. The summed E-state index contributed by atoms with van der Waals surface area (Å²) in [7, 11) is 0. The van der Waals surface area contributed by atoms with E-state index in [0.717, 1.165) is 0 Å². The first-order valence-corrected chi connectivity index (χ1v) is 5.14. The molecule has 0 aromatic rings. The molecule has 0 aromatic heterocycles. The van der Waals surface area contributed by atoms with Gasteiger partial charge in [0.2, 0.25) is 0 Å². The highest BCUT2D eigenvalue weighted by Crippen LogP contribution is 2.07. The molecule has 108 valence electrons. The molecule has 18 heavy (non-hydrogen) atoms. The Bertz CT molecular complexity index is 242. The molecule has 9 nitrogen and oxygen atoms in total. The maximum absolute atomic E-state index is 11.2. The number of aliphatic hydroxyl groups is 7. The van der Waals surface area contributed by atoms with Gasteiger partial charge >= 0.3 is 5.97 Å². The van der Waals surface area contributed by atoms with Crippen molar-refractivity contribution in [2.75, 3.05) is 19.8 Å². The molecule has 4 atom stereocenters. The van der Waals surface area contributed by atoms with Crippen molar-refractivity contribution in [1.29, 1.82) is 0 Å². The van der Waals surface area contributed by atoms with Gasteiger partial charge < -0.3 is 40.5 Å². The lowest BCUT2D eigenvalue weighted by atomic mass is 10.0. The molecule has 0 aliphatic heterocycles. The number of rotatable bonds is 8. The fourth-order valence-corrected chi connectivity index (χ4v) is 1.03. The Morgan fingerprint density at radius 1 is 0.889 bits per heavy atom. The molecule has 0 radical (unpaired) electrons. The van der Waals surface area contributed by atoms with Gasteiger partial charge in [0, 0.05) is 0 Å². The van der Waals surface area contributed by atoms with Crippen LogP contribution in [0, 0.1) is 0 Å². The number of carbonyl (C=O) groups is 1. The first kappa shape index (κ1) is 17.2. The highest BCUT2D eigenvalue weighted by Gasteiger charge is 2.35. The van der Waals surface area contributed by atoms with Crippen LogP contribution >= 0.6 is 0 Å². The van der Waals surface area contributed by atoms with Gasteiger partial charge in [-0.2, -0.15) is 0 Å². The number of carbonyl (C=O) groups excluding carboxylic acids is 1. The van der Waals surface area contributed by atoms with Crippen molar-refractivity contribution < 1.29 is 45.3 Å². The van der Waals surface area contributed by atoms with Gasteiger partial charge in [0.15, 0.2) is 6.10 Å². The lowest BCUT2D eigenvalue weighted by Gasteiger charge is -2.25. The molecule has 0 aliphatic carbocycles. The third-order valence-electron chi connectivity index (χ3n) is 2.19. The van der Waals surface area contributed by atoms with Crippen LogP contribution in [0.15, 0.2) is 0 Å². The summed E-state index contributed by atoms with van der Waals surface area (Å²) < 4.78 is 4.39. The Morgan fingerprint density at radius 2 is 1.39 bits per heavy atom.